The first kappa shape index (κ1) is 10.4. The van der Waals surface area contributed by atoms with Gasteiger partial charge in [0, 0.05) is 6.54 Å². The first-order chi connectivity index (χ1) is 5.04. The van der Waals surface area contributed by atoms with Crippen LogP contribution in [0.4, 0.5) is 0 Å². The fraction of sp³-hybridized carbons (Fsp3) is 0.875. The molecule has 0 aliphatic heterocycles. The Morgan fingerprint density at radius 1 is 1.55 bits per heavy atom. The van der Waals surface area contributed by atoms with Crippen molar-refractivity contribution in [3.63, 3.8) is 0 Å². The maximum absolute atomic E-state index is 8.77. The van der Waals surface area contributed by atoms with Gasteiger partial charge < -0.3 is 10.2 Å². The second kappa shape index (κ2) is 4.32. The van der Waals surface area contributed by atoms with Crippen LogP contribution in [0, 0.1) is 11.3 Å². The fourth-order valence-corrected chi connectivity index (χ4v) is 0.684. The molecular weight excluding hydrogens is 138 g/mol. The van der Waals surface area contributed by atoms with E-state index in [2.05, 4.69) is 16.3 Å². The maximum atomic E-state index is 8.77. The molecule has 3 nitrogen and oxygen atoms in total. The van der Waals surface area contributed by atoms with Crippen LogP contribution in [0.15, 0.2) is 0 Å². The standard InChI is InChI=1S/C8H17N3/c1-8(7-9,10-2)5-6-11(3)4/h10H,5-6H2,1-4H3. The monoisotopic (exact) mass is 155 g/mol. The van der Waals surface area contributed by atoms with Crippen LogP contribution in [0.3, 0.4) is 0 Å². The predicted octanol–water partition coefficient (Wildman–Crippen LogP) is 0.440. The summed E-state index contributed by atoms with van der Waals surface area (Å²) in [6.07, 6.45) is 0.854. The average molecular weight is 155 g/mol. The molecule has 0 amide bonds. The summed E-state index contributed by atoms with van der Waals surface area (Å²) in [4.78, 5) is 2.08. The van der Waals surface area contributed by atoms with E-state index in [1.54, 1.807) is 0 Å². The molecule has 0 radical (unpaired) electrons. The largest absolute Gasteiger partial charge is 0.309 e. The third kappa shape index (κ3) is 3.97. The zero-order valence-corrected chi connectivity index (χ0v) is 7.81. The van der Waals surface area contributed by atoms with Crippen LogP contribution in [0.5, 0.6) is 0 Å². The molecule has 1 unspecified atom stereocenters. The minimum Gasteiger partial charge on any atom is -0.309 e. The van der Waals surface area contributed by atoms with E-state index in [-0.39, 0.29) is 5.54 Å². The van der Waals surface area contributed by atoms with Crippen molar-refractivity contribution in [2.75, 3.05) is 27.7 Å². The third-order valence-corrected chi connectivity index (χ3v) is 1.86. The molecule has 0 heterocycles. The summed E-state index contributed by atoms with van der Waals surface area (Å²) in [5.74, 6) is 0. The topological polar surface area (TPSA) is 39.1 Å². The van der Waals surface area contributed by atoms with Crippen molar-refractivity contribution < 1.29 is 0 Å². The first-order valence-corrected chi connectivity index (χ1v) is 3.79. The molecule has 1 atom stereocenters. The van der Waals surface area contributed by atoms with E-state index in [4.69, 9.17) is 5.26 Å². The van der Waals surface area contributed by atoms with E-state index < -0.39 is 0 Å². The second-order valence-corrected chi connectivity index (χ2v) is 3.25. The van der Waals surface area contributed by atoms with Gasteiger partial charge in [0.15, 0.2) is 0 Å². The van der Waals surface area contributed by atoms with Crippen molar-refractivity contribution >= 4 is 0 Å². The molecular formula is C8H17N3. The Morgan fingerprint density at radius 2 is 2.09 bits per heavy atom. The van der Waals surface area contributed by atoms with Gasteiger partial charge in [-0.15, -0.1) is 0 Å². The van der Waals surface area contributed by atoms with E-state index >= 15 is 0 Å². The summed E-state index contributed by atoms with van der Waals surface area (Å²) in [7, 11) is 5.83. The lowest BCUT2D eigenvalue weighted by Crippen LogP contribution is -2.40. The first-order valence-electron chi connectivity index (χ1n) is 3.79. The Bertz CT molecular complexity index is 148. The Labute approximate surface area is 69.0 Å². The molecule has 0 spiro atoms. The van der Waals surface area contributed by atoms with Gasteiger partial charge in [0.25, 0.3) is 0 Å². The minimum absolute atomic E-state index is 0.371. The molecule has 11 heavy (non-hydrogen) atoms. The lowest BCUT2D eigenvalue weighted by atomic mass is 10.0. The van der Waals surface area contributed by atoms with Crippen molar-refractivity contribution in [2.45, 2.75) is 18.9 Å². The summed E-state index contributed by atoms with van der Waals surface area (Å²) < 4.78 is 0. The number of nitriles is 1. The second-order valence-electron chi connectivity index (χ2n) is 3.25. The fourth-order valence-electron chi connectivity index (χ4n) is 0.684. The van der Waals surface area contributed by atoms with Gasteiger partial charge in [0.2, 0.25) is 0 Å². The lowest BCUT2D eigenvalue weighted by molar-refractivity contribution is 0.340. The summed E-state index contributed by atoms with van der Waals surface area (Å²) in [5, 5.41) is 11.8. The number of hydrogen-bond acceptors (Lipinski definition) is 3. The summed E-state index contributed by atoms with van der Waals surface area (Å²) in [6, 6.07) is 2.25. The number of nitrogens with zero attached hydrogens (tertiary/aromatic N) is 2. The zero-order chi connectivity index (χ0) is 8.91. The van der Waals surface area contributed by atoms with E-state index in [0.717, 1.165) is 13.0 Å². The van der Waals surface area contributed by atoms with Crippen molar-refractivity contribution in [3.8, 4) is 6.07 Å². The van der Waals surface area contributed by atoms with Gasteiger partial charge in [-0.1, -0.05) is 0 Å². The highest BCUT2D eigenvalue weighted by Crippen LogP contribution is 2.06. The summed E-state index contributed by atoms with van der Waals surface area (Å²) >= 11 is 0. The van der Waals surface area contributed by atoms with Crippen LogP contribution in [0.2, 0.25) is 0 Å². The summed E-state index contributed by atoms with van der Waals surface area (Å²) in [6.45, 7) is 2.85. The SMILES string of the molecule is CNC(C)(C#N)CCN(C)C. The molecule has 0 rings (SSSR count). The molecule has 0 saturated carbocycles. The number of hydrogen-bond donors (Lipinski definition) is 1. The quantitative estimate of drug-likeness (QED) is 0.640. The molecule has 0 aliphatic rings. The van der Waals surface area contributed by atoms with Crippen molar-refractivity contribution in [1.29, 1.82) is 5.26 Å². The lowest BCUT2D eigenvalue weighted by Gasteiger charge is -2.22. The highest BCUT2D eigenvalue weighted by Gasteiger charge is 2.20. The van der Waals surface area contributed by atoms with Crippen LogP contribution in [-0.4, -0.2) is 38.1 Å². The highest BCUT2D eigenvalue weighted by molar-refractivity contribution is 5.02. The van der Waals surface area contributed by atoms with Crippen LogP contribution in [0.25, 0.3) is 0 Å². The Kier molecular flexibility index (Phi) is 4.09. The normalized spacial score (nSPS) is 16.0. The highest BCUT2D eigenvalue weighted by atomic mass is 15.1. The molecule has 0 saturated heterocycles. The smallest absolute Gasteiger partial charge is 0.104 e. The number of nitrogens with one attached hydrogen (secondary N) is 1. The Balaban J connectivity index is 3.81. The predicted molar refractivity (Wildman–Crippen MR) is 46.2 cm³/mol. The van der Waals surface area contributed by atoms with E-state index in [1.165, 1.54) is 0 Å². The van der Waals surface area contributed by atoms with Crippen LogP contribution >= 0.6 is 0 Å². The van der Waals surface area contributed by atoms with Crippen LogP contribution in [0.1, 0.15) is 13.3 Å². The van der Waals surface area contributed by atoms with Crippen molar-refractivity contribution in [2.24, 2.45) is 0 Å². The molecule has 0 aromatic rings. The van der Waals surface area contributed by atoms with Gasteiger partial charge in [0.1, 0.15) is 5.54 Å². The van der Waals surface area contributed by atoms with Gasteiger partial charge in [0.05, 0.1) is 6.07 Å². The van der Waals surface area contributed by atoms with E-state index in [0.29, 0.717) is 0 Å². The molecule has 64 valence electrons. The van der Waals surface area contributed by atoms with Gasteiger partial charge in [-0.2, -0.15) is 5.26 Å². The van der Waals surface area contributed by atoms with E-state index in [1.807, 2.05) is 28.1 Å². The van der Waals surface area contributed by atoms with Crippen molar-refractivity contribution in [3.05, 3.63) is 0 Å². The van der Waals surface area contributed by atoms with Gasteiger partial charge in [-0.05, 0) is 34.5 Å². The Hall–Kier alpha value is -0.590. The van der Waals surface area contributed by atoms with Crippen molar-refractivity contribution in [1.82, 2.24) is 10.2 Å². The molecule has 0 aromatic heterocycles. The molecule has 3 heteroatoms. The van der Waals surface area contributed by atoms with Crippen LogP contribution < -0.4 is 5.32 Å². The molecule has 0 aromatic carbocycles. The summed E-state index contributed by atoms with van der Waals surface area (Å²) in [5.41, 5.74) is -0.371. The van der Waals surface area contributed by atoms with Gasteiger partial charge in [-0.3, -0.25) is 0 Å². The third-order valence-electron chi connectivity index (χ3n) is 1.86. The molecule has 1 N–H and O–H groups in total. The van der Waals surface area contributed by atoms with Gasteiger partial charge in [-0.25, -0.2) is 0 Å². The molecule has 0 fully saturated rings. The molecule has 0 aliphatic carbocycles. The van der Waals surface area contributed by atoms with Crippen LogP contribution in [-0.2, 0) is 0 Å². The van der Waals surface area contributed by atoms with Gasteiger partial charge >= 0.3 is 0 Å². The van der Waals surface area contributed by atoms with E-state index in [9.17, 15) is 0 Å². The minimum atomic E-state index is -0.371. The number of rotatable bonds is 4. The average Bonchev–Trinajstić information content (AvgIpc) is 2.00. The Morgan fingerprint density at radius 3 is 2.36 bits per heavy atom. The maximum Gasteiger partial charge on any atom is 0.104 e. The molecule has 0 bridgehead atoms. The zero-order valence-electron chi connectivity index (χ0n) is 7.81.